The number of allylic oxidation sites excluding steroid dienone is 4. The molecule has 6 N–H and O–H groups in total. The Morgan fingerprint density at radius 1 is 0.518 bits per heavy atom. The zero-order valence-corrected chi connectivity index (χ0v) is 47.7. The smallest absolute Gasteiger partial charge is 0.178 e. The van der Waals surface area contributed by atoms with Gasteiger partial charge in [-0.2, -0.15) is 15.3 Å². The number of aromatic nitrogens is 15. The second-order valence-electron chi connectivity index (χ2n) is 22.2. The first-order valence-corrected chi connectivity index (χ1v) is 28.0. The molecule has 2 aliphatic rings. The summed E-state index contributed by atoms with van der Waals surface area (Å²) >= 11 is 0. The number of imidazole rings is 1. The van der Waals surface area contributed by atoms with Gasteiger partial charge in [0.1, 0.15) is 34.0 Å². The van der Waals surface area contributed by atoms with Crippen LogP contribution >= 0.6 is 0 Å². The fourth-order valence-electron chi connectivity index (χ4n) is 11.6. The molecule has 0 amide bonds. The number of rotatable bonds is 9. The molecule has 0 saturated carbocycles. The minimum absolute atomic E-state index is 0.327. The standard InChI is InChI=1S/C25H24N6O.C21H17N5.C20H17N7/c1-24(2)18-13-31(14-19(18)25(3,4)32-24)23-17-8-7-16(12-15(17)9-11-27-23)28-22-21-20(29-30-22)6-5-10-26-21;1-13-16-9-8-15(24-21-20-19(25-26-21)7-4-10-22-20)11-17(16)18(12-23-13)14-5-2-3-6-14;1-12-11-27(13(2)23-12)20-16-6-5-15(10-14(16)7-9-22-20)24-19-18-17(25-26-19)4-3-8-21-18/h5-14H,1-4H3,(H2,28,29,30);2,4-12H,3H2,1H3,(H2,24,25,26);3-11H,1-2H3,(H2,24,25,26). The van der Waals surface area contributed by atoms with Crippen LogP contribution in [-0.4, -0.2) is 74.6 Å². The number of nitrogens with one attached hydrogen (secondary N) is 6. The molecule has 0 spiro atoms. The van der Waals surface area contributed by atoms with Crippen LogP contribution in [0.15, 0.2) is 177 Å². The van der Waals surface area contributed by atoms with E-state index in [1.54, 1.807) is 18.6 Å². The Kier molecular flexibility index (Phi) is 12.8. The third-order valence-electron chi connectivity index (χ3n) is 15.5. The number of anilines is 6. The largest absolute Gasteiger partial charge is 0.360 e. The Morgan fingerprint density at radius 2 is 1.02 bits per heavy atom. The van der Waals surface area contributed by atoms with E-state index in [1.165, 1.54) is 27.5 Å². The lowest BCUT2D eigenvalue weighted by Crippen LogP contribution is -2.23. The summed E-state index contributed by atoms with van der Waals surface area (Å²) in [6.45, 7) is 14.5. The lowest BCUT2D eigenvalue weighted by atomic mass is 9.95. The summed E-state index contributed by atoms with van der Waals surface area (Å²) in [4.78, 5) is 31.6. The molecule has 0 atom stereocenters. The quantitative estimate of drug-likeness (QED) is 0.0790. The maximum absolute atomic E-state index is 6.27. The predicted molar refractivity (Wildman–Crippen MR) is 336 cm³/mol. The number of pyridine rings is 6. The van der Waals surface area contributed by atoms with E-state index >= 15 is 0 Å². The molecule has 19 nitrogen and oxygen atoms in total. The first kappa shape index (κ1) is 52.2. The van der Waals surface area contributed by atoms with E-state index in [0.717, 1.165) is 118 Å². The SMILES string of the molecule is CC1(C)OC(C)(C)c2cn(-c3nccc4cc(Nc5n[nH]c6cccnc56)ccc34)cc21.Cc1cn(-c2nccc3cc(Nc4n[nH]c5cccnc45)ccc23)c(C)n1.Cc1ncc(C2=CCC=C2)c2cc(Nc3n[nH]c4cccnc34)ccc12. The van der Waals surface area contributed by atoms with Gasteiger partial charge in [0, 0.05) is 111 Å². The van der Waals surface area contributed by atoms with Crippen molar-refractivity contribution < 1.29 is 4.74 Å². The molecule has 1 aliphatic carbocycles. The van der Waals surface area contributed by atoms with Crippen LogP contribution < -0.4 is 16.0 Å². The highest BCUT2D eigenvalue weighted by atomic mass is 16.5. The van der Waals surface area contributed by atoms with Crippen molar-refractivity contribution in [1.29, 1.82) is 0 Å². The van der Waals surface area contributed by atoms with E-state index in [4.69, 9.17) is 9.72 Å². The van der Waals surface area contributed by atoms with Crippen LogP contribution in [-0.2, 0) is 15.9 Å². The van der Waals surface area contributed by atoms with Crippen LogP contribution in [0.4, 0.5) is 34.5 Å². The van der Waals surface area contributed by atoms with Crippen molar-refractivity contribution in [3.63, 3.8) is 0 Å². The van der Waals surface area contributed by atoms with Crippen LogP contribution in [0.25, 0.3) is 82.6 Å². The summed E-state index contributed by atoms with van der Waals surface area (Å²) in [6, 6.07) is 34.3. The van der Waals surface area contributed by atoms with Crippen molar-refractivity contribution in [2.24, 2.45) is 0 Å². The van der Waals surface area contributed by atoms with E-state index in [-0.39, 0.29) is 11.2 Å². The molecule has 14 aromatic rings. The highest BCUT2D eigenvalue weighted by Crippen LogP contribution is 2.48. The van der Waals surface area contributed by atoms with Crippen LogP contribution in [0.2, 0.25) is 0 Å². The van der Waals surface area contributed by atoms with Gasteiger partial charge in [0.15, 0.2) is 17.5 Å². The van der Waals surface area contributed by atoms with Crippen molar-refractivity contribution in [3.05, 3.63) is 211 Å². The minimum atomic E-state index is -0.327. The highest BCUT2D eigenvalue weighted by Gasteiger charge is 2.44. The zero-order valence-electron chi connectivity index (χ0n) is 47.7. The van der Waals surface area contributed by atoms with E-state index in [2.05, 4.69) is 182 Å². The summed E-state index contributed by atoms with van der Waals surface area (Å²) < 4.78 is 10.4. The predicted octanol–water partition coefficient (Wildman–Crippen LogP) is 14.5. The molecule has 16 rings (SSSR count). The second-order valence-corrected chi connectivity index (χ2v) is 22.2. The van der Waals surface area contributed by atoms with E-state index in [0.29, 0.717) is 11.6 Å². The van der Waals surface area contributed by atoms with Crippen molar-refractivity contribution in [3.8, 4) is 11.6 Å². The lowest BCUT2D eigenvalue weighted by Gasteiger charge is -2.26. The molecule has 0 unspecified atom stereocenters. The van der Waals surface area contributed by atoms with E-state index in [1.807, 2.05) is 111 Å². The van der Waals surface area contributed by atoms with Crippen molar-refractivity contribution in [2.75, 3.05) is 16.0 Å². The monoisotopic (exact) mass is 1120 g/mol. The number of aryl methyl sites for hydroxylation is 3. The summed E-state index contributed by atoms with van der Waals surface area (Å²) in [7, 11) is 0. The van der Waals surface area contributed by atoms with Gasteiger partial charge in [-0.3, -0.25) is 39.8 Å². The molecule has 12 heterocycles. The Balaban J connectivity index is 0.000000114. The zero-order chi connectivity index (χ0) is 58.0. The Bertz CT molecular complexity index is 4930. The van der Waals surface area contributed by atoms with Gasteiger partial charge in [0.2, 0.25) is 0 Å². The number of H-pyrrole nitrogens is 3. The van der Waals surface area contributed by atoms with Gasteiger partial charge in [0.25, 0.3) is 0 Å². The van der Waals surface area contributed by atoms with Gasteiger partial charge in [-0.15, -0.1) is 0 Å². The van der Waals surface area contributed by atoms with Gasteiger partial charge >= 0.3 is 0 Å². The van der Waals surface area contributed by atoms with E-state index in [9.17, 15) is 0 Å². The first-order chi connectivity index (χ1) is 41.3. The number of aromatic amines is 3. The molecule has 0 fully saturated rings. The fourth-order valence-corrected chi connectivity index (χ4v) is 11.6. The number of fused-ring (bicyclic) bond motifs is 7. The normalized spacial score (nSPS) is 13.9. The van der Waals surface area contributed by atoms with Crippen LogP contribution in [0.5, 0.6) is 0 Å². The molecule has 3 aromatic carbocycles. The third kappa shape index (κ3) is 9.80. The molecular weight excluding hydrogens is 1060 g/mol. The molecule has 11 aromatic heterocycles. The maximum atomic E-state index is 6.27. The molecular formula is C66H58N18O. The molecule has 85 heavy (non-hydrogen) atoms. The van der Waals surface area contributed by atoms with Gasteiger partial charge < -0.3 is 25.3 Å². The highest BCUT2D eigenvalue weighted by molar-refractivity contribution is 6.00. The second kappa shape index (κ2) is 20.8. The average Bonchev–Trinajstić information content (AvgIpc) is 3.54. The molecule has 0 bridgehead atoms. The van der Waals surface area contributed by atoms with Crippen molar-refractivity contribution in [1.82, 2.24) is 74.6 Å². The molecule has 0 saturated heterocycles. The Labute approximate surface area is 487 Å². The first-order valence-electron chi connectivity index (χ1n) is 28.0. The minimum Gasteiger partial charge on any atom is -0.360 e. The molecule has 418 valence electrons. The molecule has 1 aliphatic heterocycles. The Hall–Kier alpha value is -10.9. The summed E-state index contributed by atoms with van der Waals surface area (Å²) in [5.74, 6) is 4.85. The summed E-state index contributed by atoms with van der Waals surface area (Å²) in [5.41, 5.74) is 14.2. The number of nitrogens with zero attached hydrogens (tertiary/aromatic N) is 12. The Morgan fingerprint density at radius 3 is 1.53 bits per heavy atom. The lowest BCUT2D eigenvalue weighted by molar-refractivity contribution is -0.105. The van der Waals surface area contributed by atoms with Crippen LogP contribution in [0.3, 0.4) is 0 Å². The average molecular weight is 1120 g/mol. The number of ether oxygens (including phenoxy) is 1. The van der Waals surface area contributed by atoms with Gasteiger partial charge in [-0.05, 0) is 174 Å². The summed E-state index contributed by atoms with van der Waals surface area (Å²) in [6.07, 6.45) is 24.8. The van der Waals surface area contributed by atoms with Crippen LogP contribution in [0, 0.1) is 20.8 Å². The summed E-state index contributed by atoms with van der Waals surface area (Å²) in [5, 5.41) is 38.9. The molecule has 0 radical (unpaired) electrons. The third-order valence-corrected chi connectivity index (χ3v) is 15.5. The number of benzene rings is 3. The van der Waals surface area contributed by atoms with Gasteiger partial charge in [-0.1, -0.05) is 24.3 Å². The topological polar surface area (TPSA) is 231 Å². The van der Waals surface area contributed by atoms with Crippen molar-refractivity contribution >= 4 is 106 Å². The van der Waals surface area contributed by atoms with Crippen molar-refractivity contribution in [2.45, 2.75) is 66.1 Å². The molecule has 19 heteroatoms. The fraction of sp³-hybridized carbons (Fsp3) is 0.152. The van der Waals surface area contributed by atoms with Gasteiger partial charge in [0.05, 0.1) is 33.4 Å². The van der Waals surface area contributed by atoms with E-state index < -0.39 is 0 Å². The number of hydrogen-bond acceptors (Lipinski definition) is 14. The van der Waals surface area contributed by atoms with Gasteiger partial charge in [-0.25, -0.2) is 15.0 Å². The number of hydrogen-bond donors (Lipinski definition) is 6. The maximum Gasteiger partial charge on any atom is 0.178 e. The van der Waals surface area contributed by atoms with Crippen LogP contribution in [0.1, 0.15) is 68.0 Å².